The number of amides is 1. The van der Waals surface area contributed by atoms with Crippen molar-refractivity contribution < 1.29 is 46.6 Å². The van der Waals surface area contributed by atoms with E-state index in [1.54, 1.807) is 38.5 Å². The molecule has 1 heterocycles. The molecule has 9 nitrogen and oxygen atoms in total. The van der Waals surface area contributed by atoms with Crippen LogP contribution in [0.3, 0.4) is 0 Å². The highest BCUT2D eigenvalue weighted by Crippen LogP contribution is 2.55. The third-order valence-corrected chi connectivity index (χ3v) is 12.3. The number of carbonyl (C=O) groups excluding carboxylic acids is 1. The Morgan fingerprint density at radius 2 is 1.16 bits per heavy atom. The van der Waals surface area contributed by atoms with Crippen LogP contribution in [-0.4, -0.2) is 91.2 Å². The van der Waals surface area contributed by atoms with Gasteiger partial charge in [-0.05, 0) is 135 Å². The predicted octanol–water partition coefficient (Wildman–Crippen LogP) is 9.05. The first-order chi connectivity index (χ1) is 29.3. The van der Waals surface area contributed by atoms with Gasteiger partial charge in [0.25, 0.3) is 0 Å². The Labute approximate surface area is 360 Å². The average Bonchev–Trinajstić information content (AvgIpc) is 3.63. The summed E-state index contributed by atoms with van der Waals surface area (Å²) in [6.07, 6.45) is 4.59. The molecule has 1 amide bonds. The highest BCUT2D eigenvalue weighted by Gasteiger charge is 2.52. The first-order valence-electron chi connectivity index (χ1n) is 21.6. The summed E-state index contributed by atoms with van der Waals surface area (Å²) in [5.41, 5.74) is 5.30. The number of fused-ring (bicyclic) bond motifs is 3. The fourth-order valence-corrected chi connectivity index (χ4v) is 8.31. The molecule has 4 aromatic rings. The van der Waals surface area contributed by atoms with Crippen molar-refractivity contribution in [3.05, 3.63) is 95.6 Å². The lowest BCUT2D eigenvalue weighted by Gasteiger charge is -2.33. The monoisotopic (exact) mass is 841 g/mol. The Bertz CT molecular complexity index is 2060. The van der Waals surface area contributed by atoms with E-state index in [1.807, 2.05) is 12.1 Å². The Morgan fingerprint density at radius 3 is 1.74 bits per heavy atom. The zero-order valence-corrected chi connectivity index (χ0v) is 36.9. The van der Waals surface area contributed by atoms with Gasteiger partial charge in [-0.3, -0.25) is 4.79 Å². The van der Waals surface area contributed by atoms with E-state index in [9.17, 15) is 4.79 Å². The molecule has 0 bridgehead atoms. The SMILES string of the molecule is COCCOCCCC1(CCCOCCOC)c2cc(B3OC(C)(C)C(C)(C)O3)ccc2-c2ccc(-c3cc(F)c(-c4ccc(OCCCCNC(C)=O)cc4)cc3F)cc21. The Hall–Kier alpha value is -4.17. The zero-order valence-electron chi connectivity index (χ0n) is 36.9. The summed E-state index contributed by atoms with van der Waals surface area (Å²) in [5, 5.41) is 2.77. The van der Waals surface area contributed by atoms with Gasteiger partial charge in [-0.15, -0.1) is 0 Å². The molecular formula is C49H62BF2NO8. The van der Waals surface area contributed by atoms with E-state index in [-0.39, 0.29) is 17.0 Å². The van der Waals surface area contributed by atoms with Gasteiger partial charge >= 0.3 is 7.12 Å². The number of hydrogen-bond acceptors (Lipinski definition) is 8. The fraction of sp³-hybridized carbons (Fsp3) is 0.490. The van der Waals surface area contributed by atoms with Gasteiger partial charge < -0.3 is 38.3 Å². The number of ether oxygens (including phenoxy) is 5. The number of halogens is 2. The molecule has 1 N–H and O–H groups in total. The van der Waals surface area contributed by atoms with Crippen molar-refractivity contribution in [3.63, 3.8) is 0 Å². The smallest absolute Gasteiger partial charge is 0.494 e. The third-order valence-electron chi connectivity index (χ3n) is 12.3. The molecule has 0 radical (unpaired) electrons. The molecule has 328 valence electrons. The van der Waals surface area contributed by atoms with Crippen LogP contribution in [0.25, 0.3) is 33.4 Å². The van der Waals surface area contributed by atoms with Gasteiger partial charge in [-0.1, -0.05) is 42.5 Å². The maximum Gasteiger partial charge on any atom is 0.494 e. The van der Waals surface area contributed by atoms with Gasteiger partial charge in [0.05, 0.1) is 44.2 Å². The molecule has 2 aliphatic rings. The van der Waals surface area contributed by atoms with E-state index in [4.69, 9.17) is 33.0 Å². The van der Waals surface area contributed by atoms with E-state index >= 15 is 8.78 Å². The van der Waals surface area contributed by atoms with Crippen LogP contribution in [0.5, 0.6) is 5.75 Å². The van der Waals surface area contributed by atoms with Crippen molar-refractivity contribution in [3.8, 4) is 39.1 Å². The molecule has 0 unspecified atom stereocenters. The van der Waals surface area contributed by atoms with Crippen molar-refractivity contribution >= 4 is 18.5 Å². The van der Waals surface area contributed by atoms with Crippen LogP contribution in [0, 0.1) is 11.6 Å². The number of hydrogen-bond donors (Lipinski definition) is 1. The number of methoxy groups -OCH3 is 2. The topological polar surface area (TPSA) is 93.7 Å². The molecule has 0 aromatic heterocycles. The summed E-state index contributed by atoms with van der Waals surface area (Å²) in [6, 6.07) is 22.0. The van der Waals surface area contributed by atoms with Gasteiger partial charge in [0.15, 0.2) is 0 Å². The maximum absolute atomic E-state index is 16.4. The van der Waals surface area contributed by atoms with E-state index < -0.39 is 35.4 Å². The average molecular weight is 842 g/mol. The first-order valence-corrected chi connectivity index (χ1v) is 21.6. The molecule has 0 saturated carbocycles. The lowest BCUT2D eigenvalue weighted by Crippen LogP contribution is -2.41. The van der Waals surface area contributed by atoms with Crippen LogP contribution < -0.4 is 15.5 Å². The fourth-order valence-electron chi connectivity index (χ4n) is 8.31. The van der Waals surface area contributed by atoms with E-state index in [2.05, 4.69) is 57.3 Å². The van der Waals surface area contributed by atoms with E-state index in [1.165, 1.54) is 19.1 Å². The highest BCUT2D eigenvalue weighted by atomic mass is 19.1. The van der Waals surface area contributed by atoms with Gasteiger partial charge in [-0.2, -0.15) is 0 Å². The Morgan fingerprint density at radius 1 is 0.623 bits per heavy atom. The summed E-state index contributed by atoms with van der Waals surface area (Å²) in [4.78, 5) is 11.1. The molecule has 0 atom stereocenters. The summed E-state index contributed by atoms with van der Waals surface area (Å²) < 4.78 is 73.7. The van der Waals surface area contributed by atoms with Crippen molar-refractivity contribution in [2.45, 2.75) is 89.8 Å². The first kappa shape index (κ1) is 46.3. The molecule has 61 heavy (non-hydrogen) atoms. The van der Waals surface area contributed by atoms with E-state index in [0.717, 1.165) is 66.2 Å². The quantitative estimate of drug-likeness (QED) is 0.0585. The number of nitrogens with one attached hydrogen (secondary N) is 1. The van der Waals surface area contributed by atoms with Crippen molar-refractivity contribution in [2.24, 2.45) is 0 Å². The summed E-state index contributed by atoms with van der Waals surface area (Å²) in [5.74, 6) is -0.459. The minimum Gasteiger partial charge on any atom is -0.494 e. The van der Waals surface area contributed by atoms with Crippen LogP contribution in [0.15, 0.2) is 72.8 Å². The van der Waals surface area contributed by atoms with E-state index in [0.29, 0.717) is 69.7 Å². The third kappa shape index (κ3) is 10.9. The van der Waals surface area contributed by atoms with Gasteiger partial charge in [0, 0.05) is 57.4 Å². The number of unbranched alkanes of at least 4 members (excludes halogenated alkanes) is 1. The summed E-state index contributed by atoms with van der Waals surface area (Å²) in [6.45, 7) is 13.9. The lowest BCUT2D eigenvalue weighted by molar-refractivity contribution is -0.118. The molecule has 4 aromatic carbocycles. The highest BCUT2D eigenvalue weighted by molar-refractivity contribution is 6.62. The molecule has 1 fully saturated rings. The van der Waals surface area contributed by atoms with Crippen molar-refractivity contribution in [1.82, 2.24) is 5.32 Å². The number of benzene rings is 4. The molecule has 1 aliphatic heterocycles. The molecular weight excluding hydrogens is 779 g/mol. The number of carbonyl (C=O) groups is 1. The zero-order chi connectivity index (χ0) is 43.6. The second-order valence-electron chi connectivity index (χ2n) is 17.0. The molecule has 12 heteroatoms. The van der Waals surface area contributed by atoms with Crippen molar-refractivity contribution in [2.75, 3.05) is 67.0 Å². The summed E-state index contributed by atoms with van der Waals surface area (Å²) >= 11 is 0. The second kappa shape index (κ2) is 20.8. The van der Waals surface area contributed by atoms with Crippen LogP contribution in [0.4, 0.5) is 8.78 Å². The molecule has 1 saturated heterocycles. The van der Waals surface area contributed by atoms with Crippen LogP contribution >= 0.6 is 0 Å². The Balaban J connectivity index is 1.32. The lowest BCUT2D eigenvalue weighted by atomic mass is 9.69. The predicted molar refractivity (Wildman–Crippen MR) is 236 cm³/mol. The molecule has 6 rings (SSSR count). The number of rotatable bonds is 23. The van der Waals surface area contributed by atoms with Gasteiger partial charge in [0.2, 0.25) is 5.91 Å². The van der Waals surface area contributed by atoms with Crippen molar-refractivity contribution in [1.29, 1.82) is 0 Å². The van der Waals surface area contributed by atoms with Crippen LogP contribution in [0.2, 0.25) is 0 Å². The summed E-state index contributed by atoms with van der Waals surface area (Å²) in [7, 11) is 2.77. The minimum atomic E-state index is -0.548. The molecule has 1 aliphatic carbocycles. The minimum absolute atomic E-state index is 0.0552. The van der Waals surface area contributed by atoms with Crippen LogP contribution in [-0.2, 0) is 38.5 Å². The normalized spacial score (nSPS) is 15.8. The Kier molecular flexibility index (Phi) is 15.8. The van der Waals surface area contributed by atoms with Gasteiger partial charge in [0.1, 0.15) is 17.4 Å². The standard InChI is InChI=1S/C49H62BF2NO8/c1-34(54)53-22-8-9-25-59-38-16-12-35(13-17-38)41-32-46(52)42(33-45(41)51)36-14-18-39-40-19-15-37(50-60-47(2,3)48(4,5)61-50)31-44(40)49(43(39)30-36,20-10-23-57-28-26-55-6)21-11-24-58-29-27-56-7/h12-19,30-33H,8-11,20-29H2,1-7H3,(H,53,54). The van der Waals surface area contributed by atoms with Gasteiger partial charge in [-0.25, -0.2) is 8.78 Å². The maximum atomic E-state index is 16.4. The largest absolute Gasteiger partial charge is 0.494 e. The second-order valence-corrected chi connectivity index (χ2v) is 17.0. The van der Waals surface area contributed by atoms with Crippen LogP contribution in [0.1, 0.15) is 84.3 Å². The molecule has 0 spiro atoms.